The van der Waals surface area contributed by atoms with Crippen molar-refractivity contribution in [2.45, 2.75) is 51.6 Å². The van der Waals surface area contributed by atoms with Crippen LogP contribution < -0.4 is 10.6 Å². The van der Waals surface area contributed by atoms with Crippen molar-refractivity contribution in [3.63, 3.8) is 0 Å². The van der Waals surface area contributed by atoms with Crippen molar-refractivity contribution in [1.29, 1.82) is 0 Å². The predicted octanol–water partition coefficient (Wildman–Crippen LogP) is 1.66. The molecule has 2 aliphatic rings. The van der Waals surface area contributed by atoms with Gasteiger partial charge in [-0.15, -0.1) is 0 Å². The number of amides is 1. The van der Waals surface area contributed by atoms with Crippen molar-refractivity contribution in [2.75, 3.05) is 32.7 Å². The summed E-state index contributed by atoms with van der Waals surface area (Å²) in [5.41, 5.74) is 0.539. The highest BCUT2D eigenvalue weighted by molar-refractivity contribution is 5.92. The Kier molecular flexibility index (Phi) is 5.89. The van der Waals surface area contributed by atoms with Crippen LogP contribution in [0, 0.1) is 5.92 Å². The Hall–Kier alpha value is -1.40. The number of carbonyl (C=O) groups excluding carboxylic acids is 1. The molecule has 0 bridgehead atoms. The SMILES string of the molecule is CC(C)N1CCCC(CNC(=O)c2ccn(C3CCCNC3)n2)C1. The summed E-state index contributed by atoms with van der Waals surface area (Å²) in [5, 5.41) is 11.0. The van der Waals surface area contributed by atoms with Gasteiger partial charge in [0.15, 0.2) is 0 Å². The average Bonchev–Trinajstić information content (AvgIpc) is 3.11. The fourth-order valence-corrected chi connectivity index (χ4v) is 3.78. The minimum atomic E-state index is -0.0424. The Bertz CT molecular complexity index is 535. The van der Waals surface area contributed by atoms with Crippen molar-refractivity contribution in [3.8, 4) is 0 Å². The molecule has 24 heavy (non-hydrogen) atoms. The molecule has 6 nitrogen and oxygen atoms in total. The quantitative estimate of drug-likeness (QED) is 0.860. The highest BCUT2D eigenvalue weighted by atomic mass is 16.1. The molecule has 0 saturated carbocycles. The zero-order chi connectivity index (χ0) is 16.9. The lowest BCUT2D eigenvalue weighted by Gasteiger charge is -2.35. The lowest BCUT2D eigenvalue weighted by Crippen LogP contribution is -2.43. The zero-order valence-electron chi connectivity index (χ0n) is 15.0. The molecule has 1 aromatic heterocycles. The van der Waals surface area contributed by atoms with E-state index >= 15 is 0 Å². The largest absolute Gasteiger partial charge is 0.350 e. The van der Waals surface area contributed by atoms with Crippen LogP contribution in [0.4, 0.5) is 0 Å². The first-order valence-corrected chi connectivity index (χ1v) is 9.41. The second kappa shape index (κ2) is 8.12. The van der Waals surface area contributed by atoms with E-state index < -0.39 is 0 Å². The van der Waals surface area contributed by atoms with Gasteiger partial charge in [-0.25, -0.2) is 0 Å². The van der Waals surface area contributed by atoms with Gasteiger partial charge in [0, 0.05) is 31.9 Å². The molecule has 0 spiro atoms. The number of carbonyl (C=O) groups is 1. The normalized spacial score (nSPS) is 25.8. The second-order valence-corrected chi connectivity index (χ2v) is 7.49. The average molecular weight is 333 g/mol. The highest BCUT2D eigenvalue weighted by Crippen LogP contribution is 2.18. The number of rotatable bonds is 5. The number of nitrogens with zero attached hydrogens (tertiary/aromatic N) is 3. The maximum atomic E-state index is 12.4. The molecule has 1 aromatic rings. The van der Waals surface area contributed by atoms with Gasteiger partial charge in [0.1, 0.15) is 5.69 Å². The standard InChI is InChI=1S/C18H31N5O/c1-14(2)22-9-4-5-15(13-22)11-20-18(24)17-7-10-23(21-17)16-6-3-8-19-12-16/h7,10,14-16,19H,3-6,8-9,11-13H2,1-2H3,(H,20,24). The molecule has 3 heterocycles. The maximum Gasteiger partial charge on any atom is 0.271 e. The number of hydrogen-bond acceptors (Lipinski definition) is 4. The van der Waals surface area contributed by atoms with E-state index in [0.29, 0.717) is 23.7 Å². The third-order valence-corrected chi connectivity index (χ3v) is 5.32. The van der Waals surface area contributed by atoms with Gasteiger partial charge in [-0.05, 0) is 64.6 Å². The van der Waals surface area contributed by atoms with Crippen LogP contribution in [0.2, 0.25) is 0 Å². The zero-order valence-corrected chi connectivity index (χ0v) is 15.0. The van der Waals surface area contributed by atoms with Crippen LogP contribution in [-0.4, -0.2) is 59.4 Å². The molecule has 1 amide bonds. The van der Waals surface area contributed by atoms with E-state index in [4.69, 9.17) is 0 Å². The molecular formula is C18H31N5O. The van der Waals surface area contributed by atoms with Gasteiger partial charge >= 0.3 is 0 Å². The Balaban J connectivity index is 1.49. The van der Waals surface area contributed by atoms with E-state index in [1.54, 1.807) is 0 Å². The molecule has 0 aromatic carbocycles. The first-order chi connectivity index (χ1) is 11.6. The van der Waals surface area contributed by atoms with Crippen molar-refractivity contribution in [1.82, 2.24) is 25.3 Å². The summed E-state index contributed by atoms with van der Waals surface area (Å²) in [6, 6.07) is 2.80. The molecule has 0 radical (unpaired) electrons. The molecule has 2 N–H and O–H groups in total. The lowest BCUT2D eigenvalue weighted by molar-refractivity contribution is 0.0916. The molecular weight excluding hydrogens is 302 g/mol. The summed E-state index contributed by atoms with van der Waals surface area (Å²) >= 11 is 0. The van der Waals surface area contributed by atoms with Gasteiger partial charge in [-0.3, -0.25) is 9.48 Å². The molecule has 2 saturated heterocycles. The number of nitrogens with one attached hydrogen (secondary N) is 2. The van der Waals surface area contributed by atoms with Crippen molar-refractivity contribution < 1.29 is 4.79 Å². The minimum absolute atomic E-state index is 0.0424. The summed E-state index contributed by atoms with van der Waals surface area (Å²) in [6.45, 7) is 9.53. The summed E-state index contributed by atoms with van der Waals surface area (Å²) < 4.78 is 1.95. The third kappa shape index (κ3) is 4.36. The third-order valence-electron chi connectivity index (χ3n) is 5.32. The maximum absolute atomic E-state index is 12.4. The number of likely N-dealkylation sites (tertiary alicyclic amines) is 1. The van der Waals surface area contributed by atoms with Crippen LogP contribution >= 0.6 is 0 Å². The molecule has 2 aliphatic heterocycles. The molecule has 2 unspecified atom stereocenters. The Morgan fingerprint density at radius 2 is 2.29 bits per heavy atom. The van der Waals surface area contributed by atoms with Gasteiger partial charge in [0.05, 0.1) is 6.04 Å². The van der Waals surface area contributed by atoms with Crippen LogP contribution in [0.5, 0.6) is 0 Å². The molecule has 3 rings (SSSR count). The highest BCUT2D eigenvalue weighted by Gasteiger charge is 2.23. The van der Waals surface area contributed by atoms with Crippen LogP contribution in [0.1, 0.15) is 56.1 Å². The molecule has 6 heteroatoms. The Morgan fingerprint density at radius 1 is 1.42 bits per heavy atom. The minimum Gasteiger partial charge on any atom is -0.350 e. The fraction of sp³-hybridized carbons (Fsp3) is 0.778. The fourth-order valence-electron chi connectivity index (χ4n) is 3.78. The van der Waals surface area contributed by atoms with Gasteiger partial charge < -0.3 is 15.5 Å². The van der Waals surface area contributed by atoms with Gasteiger partial charge in [0.25, 0.3) is 5.91 Å². The lowest BCUT2D eigenvalue weighted by atomic mass is 9.97. The molecule has 0 aliphatic carbocycles. The molecule has 134 valence electrons. The first-order valence-electron chi connectivity index (χ1n) is 9.41. The molecule has 2 atom stereocenters. The Labute approximate surface area is 145 Å². The van der Waals surface area contributed by atoms with E-state index in [2.05, 4.69) is 34.5 Å². The van der Waals surface area contributed by atoms with Crippen molar-refractivity contribution in [3.05, 3.63) is 18.0 Å². The summed E-state index contributed by atoms with van der Waals surface area (Å²) in [7, 11) is 0. The van der Waals surface area contributed by atoms with Gasteiger partial charge in [-0.1, -0.05) is 0 Å². The number of aromatic nitrogens is 2. The van der Waals surface area contributed by atoms with E-state index in [-0.39, 0.29) is 5.91 Å². The van der Waals surface area contributed by atoms with E-state index in [1.165, 1.54) is 25.8 Å². The second-order valence-electron chi connectivity index (χ2n) is 7.49. The number of hydrogen-bond donors (Lipinski definition) is 2. The van der Waals surface area contributed by atoms with Crippen LogP contribution in [0.15, 0.2) is 12.3 Å². The molecule has 2 fully saturated rings. The summed E-state index contributed by atoms with van der Waals surface area (Å²) in [5.74, 6) is 0.508. The van der Waals surface area contributed by atoms with Gasteiger partial charge in [-0.2, -0.15) is 5.10 Å². The van der Waals surface area contributed by atoms with Crippen LogP contribution in [0.25, 0.3) is 0 Å². The van der Waals surface area contributed by atoms with Crippen molar-refractivity contribution >= 4 is 5.91 Å². The predicted molar refractivity (Wildman–Crippen MR) is 95.1 cm³/mol. The van der Waals surface area contributed by atoms with E-state index in [1.807, 2.05) is 16.9 Å². The summed E-state index contributed by atoms with van der Waals surface area (Å²) in [4.78, 5) is 14.9. The van der Waals surface area contributed by atoms with Gasteiger partial charge in [0.2, 0.25) is 0 Å². The van der Waals surface area contributed by atoms with Crippen LogP contribution in [-0.2, 0) is 0 Å². The topological polar surface area (TPSA) is 62.2 Å². The monoisotopic (exact) mass is 333 g/mol. The smallest absolute Gasteiger partial charge is 0.271 e. The van der Waals surface area contributed by atoms with Crippen LogP contribution in [0.3, 0.4) is 0 Å². The first kappa shape index (κ1) is 17.4. The van der Waals surface area contributed by atoms with E-state index in [0.717, 1.165) is 32.6 Å². The summed E-state index contributed by atoms with van der Waals surface area (Å²) in [6.07, 6.45) is 6.66. The number of piperidine rings is 2. The van der Waals surface area contributed by atoms with Crippen molar-refractivity contribution in [2.24, 2.45) is 5.92 Å². The Morgan fingerprint density at radius 3 is 3.04 bits per heavy atom. The van der Waals surface area contributed by atoms with E-state index in [9.17, 15) is 4.79 Å².